The number of aromatic nitrogens is 4. The number of allylic oxidation sites excluding steroid dienone is 7. The summed E-state index contributed by atoms with van der Waals surface area (Å²) < 4.78 is 14.5. The van der Waals surface area contributed by atoms with E-state index in [0.717, 1.165) is 80.3 Å². The molecule has 0 aliphatic carbocycles. The minimum atomic E-state index is -0.292. The van der Waals surface area contributed by atoms with Crippen LogP contribution in [0.5, 0.6) is 0 Å². The number of pyridine rings is 1. The van der Waals surface area contributed by atoms with Gasteiger partial charge in [0.25, 0.3) is 0 Å². The molecule has 276 valence electrons. The second-order valence-corrected chi connectivity index (χ2v) is 11.8. The van der Waals surface area contributed by atoms with Gasteiger partial charge in [0.15, 0.2) is 0 Å². The van der Waals surface area contributed by atoms with Gasteiger partial charge in [-0.3, -0.25) is 10.1 Å². The van der Waals surface area contributed by atoms with Crippen molar-refractivity contribution in [1.82, 2.24) is 36.1 Å². The van der Waals surface area contributed by atoms with E-state index in [1.54, 1.807) is 6.20 Å². The fraction of sp³-hybridized carbons (Fsp3) is 0.273. The monoisotopic (exact) mass is 703 g/mol. The highest BCUT2D eigenvalue weighted by molar-refractivity contribution is 5.96. The van der Waals surface area contributed by atoms with Crippen LogP contribution in [-0.4, -0.2) is 40.3 Å². The third-order valence-electron chi connectivity index (χ3n) is 8.43. The topological polar surface area (TPSA) is 93.5 Å². The van der Waals surface area contributed by atoms with Crippen LogP contribution in [0.4, 0.5) is 4.39 Å². The molecule has 1 saturated heterocycles. The lowest BCUT2D eigenvalue weighted by molar-refractivity contribution is 0.368. The van der Waals surface area contributed by atoms with Gasteiger partial charge in [0.05, 0.1) is 16.7 Å². The Kier molecular flexibility index (Phi) is 18.5. The Bertz CT molecular complexity index is 1970. The van der Waals surface area contributed by atoms with Gasteiger partial charge in [0, 0.05) is 45.8 Å². The van der Waals surface area contributed by atoms with Gasteiger partial charge in [-0.1, -0.05) is 45.7 Å². The van der Waals surface area contributed by atoms with Crippen molar-refractivity contribution in [2.75, 3.05) is 20.1 Å². The molecule has 4 aromatic rings. The Labute approximate surface area is 310 Å². The molecule has 8 heteroatoms. The van der Waals surface area contributed by atoms with E-state index < -0.39 is 0 Å². The molecule has 0 saturated carbocycles. The van der Waals surface area contributed by atoms with Crippen LogP contribution < -0.4 is 26.5 Å². The van der Waals surface area contributed by atoms with Crippen molar-refractivity contribution in [3.05, 3.63) is 145 Å². The summed E-state index contributed by atoms with van der Waals surface area (Å²) in [5, 5.41) is 20.2. The molecule has 1 aromatic carbocycles. The highest BCUT2D eigenvalue weighted by Gasteiger charge is 2.15. The third-order valence-corrected chi connectivity index (χ3v) is 8.43. The zero-order valence-electron chi connectivity index (χ0n) is 31.9. The van der Waals surface area contributed by atoms with E-state index in [9.17, 15) is 4.39 Å². The van der Waals surface area contributed by atoms with Crippen molar-refractivity contribution in [3.63, 3.8) is 0 Å². The number of benzene rings is 1. The molecule has 7 nitrogen and oxygen atoms in total. The minimum Gasteiger partial charge on any atom is -0.359 e. The molecule has 0 spiro atoms. The van der Waals surface area contributed by atoms with E-state index in [4.69, 9.17) is 0 Å². The minimum absolute atomic E-state index is 0.292. The first-order valence-electron chi connectivity index (χ1n) is 17.8. The number of aromatic amines is 2. The van der Waals surface area contributed by atoms with Crippen molar-refractivity contribution in [2.24, 2.45) is 5.92 Å². The first-order valence-corrected chi connectivity index (χ1v) is 17.8. The van der Waals surface area contributed by atoms with Gasteiger partial charge in [-0.2, -0.15) is 5.10 Å². The van der Waals surface area contributed by atoms with Crippen LogP contribution in [0.1, 0.15) is 52.5 Å². The van der Waals surface area contributed by atoms with Gasteiger partial charge >= 0.3 is 0 Å². The number of nitrogens with zero attached hydrogens (tertiary/aromatic N) is 2. The Hall–Kier alpha value is -5.31. The number of hydrogen-bond acceptors (Lipinski definition) is 5. The highest BCUT2D eigenvalue weighted by atomic mass is 19.1. The summed E-state index contributed by atoms with van der Waals surface area (Å²) in [4.78, 5) is 8.05. The molecule has 1 fully saturated rings. The molecule has 5 N–H and O–H groups in total. The lowest BCUT2D eigenvalue weighted by Gasteiger charge is -2.24. The summed E-state index contributed by atoms with van der Waals surface area (Å²) in [6.45, 7) is 35.4. The van der Waals surface area contributed by atoms with E-state index in [1.807, 2.05) is 58.2 Å². The van der Waals surface area contributed by atoms with Crippen LogP contribution in [0.3, 0.4) is 0 Å². The Morgan fingerprint density at radius 2 is 1.77 bits per heavy atom. The molecule has 4 heterocycles. The van der Waals surface area contributed by atoms with Gasteiger partial charge in [-0.05, 0) is 124 Å². The summed E-state index contributed by atoms with van der Waals surface area (Å²) in [7, 11) is 1.84. The predicted molar refractivity (Wildman–Crippen MR) is 223 cm³/mol. The number of halogens is 1. The zero-order chi connectivity index (χ0) is 38.6. The van der Waals surface area contributed by atoms with Crippen LogP contribution in [0, 0.1) is 11.7 Å². The number of H-pyrrole nitrogens is 2. The molecule has 1 aliphatic heterocycles. The Balaban J connectivity index is 0.00000148. The molecular weight excluding hydrogens is 646 g/mol. The maximum Gasteiger partial charge on any atom is 0.124 e. The van der Waals surface area contributed by atoms with Gasteiger partial charge in [-0.15, -0.1) is 26.3 Å². The fourth-order valence-electron chi connectivity index (χ4n) is 5.98. The average molecular weight is 704 g/mol. The molecule has 0 radical (unpaired) electrons. The molecular formula is C44H58FN7. The summed E-state index contributed by atoms with van der Waals surface area (Å²) in [6, 6.07) is 8.93. The average Bonchev–Trinajstić information content (AvgIpc) is 3.77. The molecule has 0 unspecified atom stereocenters. The molecule has 0 atom stereocenters. The van der Waals surface area contributed by atoms with Crippen molar-refractivity contribution in [1.29, 1.82) is 0 Å². The van der Waals surface area contributed by atoms with E-state index >= 15 is 0 Å². The predicted octanol–water partition coefficient (Wildman–Crippen LogP) is 8.76. The molecule has 1 aliphatic rings. The lowest BCUT2D eigenvalue weighted by Crippen LogP contribution is -2.28. The second-order valence-electron chi connectivity index (χ2n) is 11.8. The third kappa shape index (κ3) is 11.6. The standard InChI is InChI=1S/C38H44FN7.C2H6.2C2H4/c1-7-29(21-32(8-2)43-25(4)17-27-11-14-41-15-12-27)24(3)9-10-34-26(5)37(46-45-34)36-22-33-35(44-36)13-16-42-38(33)30-18-28(23-40-6)19-31(39)20-30;3*1-2/h7-10,13,16,18-22,27,40-41,43-45H,2,4-5,11-12,14-15,17,23H2,1,3,6H3;1-2H3;2*1-2H2/b24-9+,29-7+,32-21+,34-10+;;;. The van der Waals surface area contributed by atoms with E-state index in [1.165, 1.54) is 25.0 Å². The quantitative estimate of drug-likeness (QED) is 0.0752. The van der Waals surface area contributed by atoms with Crippen LogP contribution >= 0.6 is 0 Å². The van der Waals surface area contributed by atoms with Crippen molar-refractivity contribution in [3.8, 4) is 22.6 Å². The molecule has 3 aromatic heterocycles. The SMILES string of the molecule is C=C.C=C.C=C\C(=C/C(=C\C)C(/C)=C/C=c1/[nH]nc(-c2cc3c(-c4cc(F)cc(CNC)c4)nccc3[nH]2)c1=C)NC(=C)CC1CCNCC1.CC. The Morgan fingerprint density at radius 3 is 2.42 bits per heavy atom. The summed E-state index contributed by atoms with van der Waals surface area (Å²) in [5.41, 5.74) is 8.79. The summed E-state index contributed by atoms with van der Waals surface area (Å²) in [5.74, 6) is 0.369. The van der Waals surface area contributed by atoms with E-state index in [-0.39, 0.29) is 5.82 Å². The number of fused-ring (bicyclic) bond motifs is 1. The van der Waals surface area contributed by atoms with Crippen molar-refractivity contribution < 1.29 is 4.39 Å². The van der Waals surface area contributed by atoms with Crippen molar-refractivity contribution >= 4 is 23.6 Å². The van der Waals surface area contributed by atoms with E-state index in [0.29, 0.717) is 23.9 Å². The van der Waals surface area contributed by atoms with Crippen LogP contribution in [0.25, 0.3) is 46.2 Å². The smallest absolute Gasteiger partial charge is 0.124 e. The molecule has 0 bridgehead atoms. The Morgan fingerprint density at radius 1 is 1.06 bits per heavy atom. The largest absolute Gasteiger partial charge is 0.359 e. The van der Waals surface area contributed by atoms with Crippen molar-refractivity contribution in [2.45, 2.75) is 53.5 Å². The lowest BCUT2D eigenvalue weighted by atomic mass is 9.93. The number of nitrogens with one attached hydrogen (secondary N) is 5. The van der Waals surface area contributed by atoms with Gasteiger partial charge in [-0.25, -0.2) is 4.39 Å². The fourth-order valence-corrected chi connectivity index (χ4v) is 5.98. The maximum absolute atomic E-state index is 14.5. The van der Waals surface area contributed by atoms with Gasteiger partial charge in [0.1, 0.15) is 11.5 Å². The second kappa shape index (κ2) is 22.5. The molecule has 52 heavy (non-hydrogen) atoms. The zero-order valence-corrected chi connectivity index (χ0v) is 31.9. The summed E-state index contributed by atoms with van der Waals surface area (Å²) >= 11 is 0. The number of piperidine rings is 1. The molecule has 5 rings (SSSR count). The molecule has 0 amide bonds. The van der Waals surface area contributed by atoms with Gasteiger partial charge < -0.3 is 20.9 Å². The summed E-state index contributed by atoms with van der Waals surface area (Å²) in [6.07, 6.45) is 15.1. The number of rotatable bonds is 12. The van der Waals surface area contributed by atoms with Crippen LogP contribution in [-0.2, 0) is 6.54 Å². The maximum atomic E-state index is 14.5. The van der Waals surface area contributed by atoms with Gasteiger partial charge in [0.2, 0.25) is 0 Å². The highest BCUT2D eigenvalue weighted by Crippen LogP contribution is 2.30. The van der Waals surface area contributed by atoms with Crippen LogP contribution in [0.2, 0.25) is 0 Å². The number of hydrogen-bond donors (Lipinski definition) is 5. The first-order chi connectivity index (χ1) is 25.3. The van der Waals surface area contributed by atoms with E-state index in [2.05, 4.69) is 107 Å². The normalized spacial score (nSPS) is 14.0. The van der Waals surface area contributed by atoms with Crippen LogP contribution in [0.15, 0.2) is 123 Å². The first kappa shape index (κ1) is 42.9.